The number of carbonyl (C=O) groups is 1. The van der Waals surface area contributed by atoms with E-state index in [9.17, 15) is 9.18 Å². The van der Waals surface area contributed by atoms with Gasteiger partial charge in [-0.15, -0.1) is 0 Å². The Balaban J connectivity index is 2.47. The van der Waals surface area contributed by atoms with Gasteiger partial charge in [0.2, 0.25) is 0 Å². The number of benzene rings is 1. The van der Waals surface area contributed by atoms with Gasteiger partial charge < -0.3 is 15.2 Å². The smallest absolute Gasteiger partial charge is 0.308 e. The third-order valence-electron chi connectivity index (χ3n) is 1.76. The van der Waals surface area contributed by atoms with Gasteiger partial charge in [0.1, 0.15) is 11.6 Å². The molecule has 0 aliphatic carbocycles. The summed E-state index contributed by atoms with van der Waals surface area (Å²) in [6.45, 7) is 0.155. The molecule has 82 valence electrons. The Hall–Kier alpha value is -1.78. The minimum Gasteiger partial charge on any atom is -0.491 e. The number of esters is 1. The molecule has 0 fully saturated rings. The lowest BCUT2D eigenvalue weighted by atomic mass is 10.3. The van der Waals surface area contributed by atoms with Crippen LogP contribution in [0.3, 0.4) is 0 Å². The molecule has 5 heteroatoms. The highest BCUT2D eigenvalue weighted by Gasteiger charge is 2.04. The first-order valence-corrected chi connectivity index (χ1v) is 4.38. The number of hydrogen-bond acceptors (Lipinski definition) is 4. The summed E-state index contributed by atoms with van der Waals surface area (Å²) in [7, 11) is 1.30. The van der Waals surface area contributed by atoms with E-state index < -0.39 is 5.82 Å². The molecule has 0 bridgehead atoms. The molecule has 0 spiro atoms. The van der Waals surface area contributed by atoms with Gasteiger partial charge in [0.25, 0.3) is 0 Å². The summed E-state index contributed by atoms with van der Waals surface area (Å²) < 4.78 is 22.2. The van der Waals surface area contributed by atoms with Gasteiger partial charge in [-0.3, -0.25) is 4.79 Å². The van der Waals surface area contributed by atoms with Crippen molar-refractivity contribution in [3.05, 3.63) is 24.0 Å². The van der Waals surface area contributed by atoms with Gasteiger partial charge in [-0.2, -0.15) is 0 Å². The van der Waals surface area contributed by atoms with Crippen LogP contribution in [0.5, 0.6) is 5.75 Å². The minimum absolute atomic E-state index is 0.132. The van der Waals surface area contributed by atoms with Crippen molar-refractivity contribution in [1.29, 1.82) is 0 Å². The molecule has 2 N–H and O–H groups in total. The van der Waals surface area contributed by atoms with E-state index in [1.54, 1.807) is 0 Å². The third-order valence-corrected chi connectivity index (χ3v) is 1.76. The van der Waals surface area contributed by atoms with Crippen LogP contribution in [0.25, 0.3) is 0 Å². The first-order valence-electron chi connectivity index (χ1n) is 4.38. The summed E-state index contributed by atoms with van der Waals surface area (Å²) in [5, 5.41) is 0. The van der Waals surface area contributed by atoms with Gasteiger partial charge in [-0.05, 0) is 12.1 Å². The van der Waals surface area contributed by atoms with E-state index in [0.29, 0.717) is 5.75 Å². The van der Waals surface area contributed by atoms with Crippen molar-refractivity contribution in [1.82, 2.24) is 0 Å². The van der Waals surface area contributed by atoms with E-state index in [2.05, 4.69) is 4.74 Å². The van der Waals surface area contributed by atoms with Gasteiger partial charge in [-0.25, -0.2) is 4.39 Å². The first-order chi connectivity index (χ1) is 7.13. The van der Waals surface area contributed by atoms with Gasteiger partial charge in [0, 0.05) is 6.07 Å². The molecule has 0 aliphatic heterocycles. The molecule has 0 amide bonds. The number of anilines is 1. The van der Waals surface area contributed by atoms with E-state index in [4.69, 9.17) is 10.5 Å². The first kappa shape index (κ1) is 11.3. The van der Waals surface area contributed by atoms with E-state index in [1.807, 2.05) is 0 Å². The van der Waals surface area contributed by atoms with Crippen LogP contribution in [0.2, 0.25) is 0 Å². The van der Waals surface area contributed by atoms with Crippen molar-refractivity contribution < 1.29 is 18.7 Å². The van der Waals surface area contributed by atoms with Gasteiger partial charge in [0.15, 0.2) is 0 Å². The lowest BCUT2D eigenvalue weighted by Gasteiger charge is -2.07. The zero-order valence-corrected chi connectivity index (χ0v) is 8.33. The molecule has 15 heavy (non-hydrogen) atoms. The fourth-order valence-corrected chi connectivity index (χ4v) is 0.997. The van der Waals surface area contributed by atoms with E-state index in [1.165, 1.54) is 19.2 Å². The normalized spacial score (nSPS) is 9.73. The zero-order chi connectivity index (χ0) is 11.3. The molecule has 0 unspecified atom stereocenters. The molecular formula is C10H12FNO3. The summed E-state index contributed by atoms with van der Waals surface area (Å²) in [4.78, 5) is 10.7. The Bertz CT molecular complexity index is 355. The molecule has 0 atom stereocenters. The maximum Gasteiger partial charge on any atom is 0.308 e. The molecule has 1 rings (SSSR count). The Morgan fingerprint density at radius 1 is 1.53 bits per heavy atom. The summed E-state index contributed by atoms with van der Waals surface area (Å²) in [5.74, 6) is -0.427. The summed E-state index contributed by atoms with van der Waals surface area (Å²) in [5.41, 5.74) is 5.70. The third kappa shape index (κ3) is 3.46. The minimum atomic E-state index is -0.423. The van der Waals surface area contributed by atoms with Gasteiger partial charge >= 0.3 is 5.97 Å². The van der Waals surface area contributed by atoms with Crippen LogP contribution in [0.15, 0.2) is 18.2 Å². The second-order valence-electron chi connectivity index (χ2n) is 2.86. The highest BCUT2D eigenvalue weighted by atomic mass is 19.1. The van der Waals surface area contributed by atoms with Crippen molar-refractivity contribution in [2.75, 3.05) is 19.5 Å². The lowest BCUT2D eigenvalue weighted by molar-refractivity contribution is -0.141. The summed E-state index contributed by atoms with van der Waals surface area (Å²) >= 11 is 0. The van der Waals surface area contributed by atoms with Gasteiger partial charge in [0.05, 0.1) is 25.8 Å². The van der Waals surface area contributed by atoms with Crippen LogP contribution in [-0.2, 0) is 9.53 Å². The highest BCUT2D eigenvalue weighted by Crippen LogP contribution is 2.21. The molecule has 0 aliphatic rings. The number of rotatable bonds is 4. The van der Waals surface area contributed by atoms with Crippen LogP contribution in [-0.4, -0.2) is 19.7 Å². The maximum absolute atomic E-state index is 12.6. The van der Waals surface area contributed by atoms with Crippen molar-refractivity contribution >= 4 is 11.7 Å². The molecule has 0 saturated carbocycles. The van der Waals surface area contributed by atoms with E-state index in [-0.39, 0.29) is 24.7 Å². The predicted octanol–water partition coefficient (Wildman–Crippen LogP) is 1.35. The van der Waals surface area contributed by atoms with Crippen LogP contribution >= 0.6 is 0 Å². The van der Waals surface area contributed by atoms with Gasteiger partial charge in [-0.1, -0.05) is 0 Å². The molecule has 0 aromatic heterocycles. The van der Waals surface area contributed by atoms with Crippen molar-refractivity contribution in [2.45, 2.75) is 6.42 Å². The van der Waals surface area contributed by atoms with Crippen molar-refractivity contribution in [3.63, 3.8) is 0 Å². The van der Waals surface area contributed by atoms with Crippen molar-refractivity contribution in [2.24, 2.45) is 0 Å². The number of hydrogen-bond donors (Lipinski definition) is 1. The summed E-state index contributed by atoms with van der Waals surface area (Å²) in [6.07, 6.45) is 0.132. The fraction of sp³-hybridized carbons (Fsp3) is 0.300. The highest BCUT2D eigenvalue weighted by molar-refractivity contribution is 5.69. The molecule has 1 aromatic carbocycles. The predicted molar refractivity (Wildman–Crippen MR) is 52.9 cm³/mol. The number of methoxy groups -OCH3 is 1. The second-order valence-corrected chi connectivity index (χ2v) is 2.86. The Kier molecular flexibility index (Phi) is 3.91. The SMILES string of the molecule is COC(=O)CCOc1ccc(F)cc1N. The largest absolute Gasteiger partial charge is 0.491 e. The topological polar surface area (TPSA) is 61.5 Å². The fourth-order valence-electron chi connectivity index (χ4n) is 0.997. The standard InChI is InChI=1S/C10H12FNO3/c1-14-10(13)4-5-15-9-3-2-7(11)6-8(9)12/h2-3,6H,4-5,12H2,1H3. The number of ether oxygens (including phenoxy) is 2. The number of nitrogens with two attached hydrogens (primary N) is 1. The average Bonchev–Trinajstić information content (AvgIpc) is 2.21. The Morgan fingerprint density at radius 2 is 2.27 bits per heavy atom. The Morgan fingerprint density at radius 3 is 2.87 bits per heavy atom. The van der Waals surface area contributed by atoms with Crippen LogP contribution in [0.1, 0.15) is 6.42 Å². The zero-order valence-electron chi connectivity index (χ0n) is 8.33. The molecule has 0 saturated heterocycles. The van der Waals surface area contributed by atoms with Crippen molar-refractivity contribution in [3.8, 4) is 5.75 Å². The van der Waals surface area contributed by atoms with Crippen LogP contribution in [0, 0.1) is 5.82 Å². The molecule has 0 radical (unpaired) electrons. The number of halogens is 1. The lowest BCUT2D eigenvalue weighted by Crippen LogP contribution is -2.08. The number of carbonyl (C=O) groups excluding carboxylic acids is 1. The summed E-state index contributed by atoms with van der Waals surface area (Å²) in [6, 6.07) is 3.82. The molecular weight excluding hydrogens is 201 g/mol. The van der Waals surface area contributed by atoms with E-state index in [0.717, 1.165) is 6.07 Å². The monoisotopic (exact) mass is 213 g/mol. The quantitative estimate of drug-likeness (QED) is 0.605. The van der Waals surface area contributed by atoms with E-state index >= 15 is 0 Å². The van der Waals surface area contributed by atoms with Crippen LogP contribution in [0.4, 0.5) is 10.1 Å². The van der Waals surface area contributed by atoms with Crippen LogP contribution < -0.4 is 10.5 Å². The molecule has 4 nitrogen and oxygen atoms in total. The molecule has 1 aromatic rings. The number of nitrogen functional groups attached to an aromatic ring is 1. The Labute approximate surface area is 86.8 Å². The second kappa shape index (κ2) is 5.19. The maximum atomic E-state index is 12.6. The molecule has 0 heterocycles. The average molecular weight is 213 g/mol.